The molecule has 0 aliphatic carbocycles. The first-order valence-corrected chi connectivity index (χ1v) is 4.78. The molecule has 1 unspecified atom stereocenters. The van der Waals surface area contributed by atoms with Gasteiger partial charge in [-0.25, -0.2) is 0 Å². The summed E-state index contributed by atoms with van der Waals surface area (Å²) in [6, 6.07) is 3.81. The monoisotopic (exact) mass is 208 g/mol. The molecule has 82 valence electrons. The summed E-state index contributed by atoms with van der Waals surface area (Å²) in [5.41, 5.74) is 6.58. The normalized spacial score (nSPS) is 16.0. The number of amidine groups is 1. The second-order valence-electron chi connectivity index (χ2n) is 3.42. The third kappa shape index (κ3) is 3.21. The number of nitrogens with one attached hydrogen (secondary N) is 1. The molecule has 0 saturated heterocycles. The number of nitrogens with two attached hydrogens (primary N) is 1. The molecule has 1 heterocycles. The lowest BCUT2D eigenvalue weighted by Gasteiger charge is -2.18. The lowest BCUT2D eigenvalue weighted by Crippen LogP contribution is -2.40. The van der Waals surface area contributed by atoms with E-state index in [9.17, 15) is 0 Å². The molecule has 0 aliphatic heterocycles. The number of hydrogen-bond acceptors (Lipinski definition) is 4. The van der Waals surface area contributed by atoms with Crippen molar-refractivity contribution in [1.82, 2.24) is 10.3 Å². The molecule has 1 aromatic heterocycles. The van der Waals surface area contributed by atoms with Crippen molar-refractivity contribution < 1.29 is 5.21 Å². The predicted molar refractivity (Wildman–Crippen MR) is 58.7 cm³/mol. The van der Waals surface area contributed by atoms with E-state index in [1.807, 2.05) is 26.0 Å². The minimum absolute atomic E-state index is 0.128. The Kier molecular flexibility index (Phi) is 4.05. The van der Waals surface area contributed by atoms with Crippen LogP contribution >= 0.6 is 0 Å². The Hall–Kier alpha value is -1.62. The zero-order valence-electron chi connectivity index (χ0n) is 8.88. The zero-order valence-corrected chi connectivity index (χ0v) is 8.88. The van der Waals surface area contributed by atoms with Crippen LogP contribution in [0.15, 0.2) is 29.7 Å². The maximum atomic E-state index is 8.50. The van der Waals surface area contributed by atoms with Crippen LogP contribution in [-0.2, 0) is 0 Å². The van der Waals surface area contributed by atoms with Gasteiger partial charge >= 0.3 is 0 Å². The topological polar surface area (TPSA) is 83.5 Å². The van der Waals surface area contributed by atoms with E-state index in [2.05, 4.69) is 15.5 Å². The number of rotatable bonds is 4. The lowest BCUT2D eigenvalue weighted by molar-refractivity contribution is 0.314. The summed E-state index contributed by atoms with van der Waals surface area (Å²) >= 11 is 0. The number of pyridine rings is 1. The first-order valence-electron chi connectivity index (χ1n) is 4.78. The van der Waals surface area contributed by atoms with Gasteiger partial charge in [-0.2, -0.15) is 0 Å². The molecule has 5 nitrogen and oxygen atoms in total. The molecular weight excluding hydrogens is 192 g/mol. The minimum atomic E-state index is -0.168. The molecule has 0 saturated carbocycles. The van der Waals surface area contributed by atoms with Crippen molar-refractivity contribution in [3.05, 3.63) is 30.1 Å². The van der Waals surface area contributed by atoms with Gasteiger partial charge in [0.05, 0.1) is 6.04 Å². The Morgan fingerprint density at radius 3 is 2.60 bits per heavy atom. The van der Waals surface area contributed by atoms with Crippen LogP contribution in [0.2, 0.25) is 0 Å². The van der Waals surface area contributed by atoms with Gasteiger partial charge in [0, 0.05) is 18.4 Å². The number of nitrogens with zero attached hydrogens (tertiary/aromatic N) is 2. The molecule has 0 spiro atoms. The summed E-state index contributed by atoms with van der Waals surface area (Å²) in [5.74, 6) is 0.177. The van der Waals surface area contributed by atoms with E-state index in [4.69, 9.17) is 10.9 Å². The summed E-state index contributed by atoms with van der Waals surface area (Å²) in [4.78, 5) is 3.94. The van der Waals surface area contributed by atoms with E-state index in [0.29, 0.717) is 0 Å². The van der Waals surface area contributed by atoms with E-state index in [-0.39, 0.29) is 17.9 Å². The van der Waals surface area contributed by atoms with Crippen LogP contribution < -0.4 is 11.1 Å². The van der Waals surface area contributed by atoms with Crippen molar-refractivity contribution in [3.8, 4) is 0 Å². The molecule has 0 amide bonds. The quantitative estimate of drug-likeness (QED) is 0.297. The first kappa shape index (κ1) is 11.5. The smallest absolute Gasteiger partial charge is 0.156 e. The predicted octanol–water partition coefficient (Wildman–Crippen LogP) is 0.867. The molecule has 2 atom stereocenters. The summed E-state index contributed by atoms with van der Waals surface area (Å²) in [7, 11) is 0. The molecular formula is C10H16N4O. The van der Waals surface area contributed by atoms with Gasteiger partial charge < -0.3 is 16.3 Å². The Labute approximate surface area is 89.0 Å². The van der Waals surface area contributed by atoms with Crippen molar-refractivity contribution in [1.29, 1.82) is 0 Å². The highest BCUT2D eigenvalue weighted by atomic mass is 16.4. The van der Waals surface area contributed by atoms with E-state index < -0.39 is 0 Å². The lowest BCUT2D eigenvalue weighted by atomic mass is 10.1. The fourth-order valence-corrected chi connectivity index (χ4v) is 1.30. The van der Waals surface area contributed by atoms with Gasteiger partial charge in [0.15, 0.2) is 5.84 Å². The van der Waals surface area contributed by atoms with E-state index >= 15 is 0 Å². The van der Waals surface area contributed by atoms with Gasteiger partial charge in [0.1, 0.15) is 0 Å². The van der Waals surface area contributed by atoms with Crippen LogP contribution in [0.3, 0.4) is 0 Å². The molecule has 1 aromatic rings. The summed E-state index contributed by atoms with van der Waals surface area (Å²) in [6.07, 6.45) is 3.48. The molecule has 1 rings (SSSR count). The van der Waals surface area contributed by atoms with E-state index in [0.717, 1.165) is 5.56 Å². The van der Waals surface area contributed by atoms with Crippen molar-refractivity contribution >= 4 is 5.84 Å². The van der Waals surface area contributed by atoms with Crippen LogP contribution in [-0.4, -0.2) is 22.1 Å². The molecule has 0 radical (unpaired) electrons. The molecule has 0 bridgehead atoms. The van der Waals surface area contributed by atoms with Crippen LogP contribution in [0.25, 0.3) is 0 Å². The Bertz CT molecular complexity index is 325. The maximum absolute atomic E-state index is 8.50. The summed E-state index contributed by atoms with van der Waals surface area (Å²) in [5, 5.41) is 14.7. The molecule has 0 aliphatic rings. The van der Waals surface area contributed by atoms with Crippen molar-refractivity contribution in [3.63, 3.8) is 0 Å². The summed E-state index contributed by atoms with van der Waals surface area (Å²) < 4.78 is 0. The first-order chi connectivity index (χ1) is 7.15. The fourth-order valence-electron chi connectivity index (χ4n) is 1.30. The largest absolute Gasteiger partial charge is 0.409 e. The molecule has 15 heavy (non-hydrogen) atoms. The molecule has 0 aromatic carbocycles. The van der Waals surface area contributed by atoms with Crippen LogP contribution in [0.1, 0.15) is 25.5 Å². The fraction of sp³-hybridized carbons (Fsp3) is 0.400. The SMILES string of the molecule is CC(N[C@H](C)c1ccncc1)/C(N)=N/O. The van der Waals surface area contributed by atoms with Gasteiger partial charge in [-0.3, -0.25) is 4.98 Å². The van der Waals surface area contributed by atoms with E-state index in [1.165, 1.54) is 0 Å². The van der Waals surface area contributed by atoms with Gasteiger partial charge in [-0.15, -0.1) is 0 Å². The van der Waals surface area contributed by atoms with Crippen molar-refractivity contribution in [2.45, 2.75) is 25.9 Å². The highest BCUT2D eigenvalue weighted by Gasteiger charge is 2.12. The Morgan fingerprint density at radius 2 is 2.07 bits per heavy atom. The molecule has 5 heteroatoms. The van der Waals surface area contributed by atoms with Gasteiger partial charge in [-0.05, 0) is 31.5 Å². The molecule has 0 fully saturated rings. The Balaban J connectivity index is 2.60. The van der Waals surface area contributed by atoms with Gasteiger partial charge in [-0.1, -0.05) is 5.16 Å². The second-order valence-corrected chi connectivity index (χ2v) is 3.42. The van der Waals surface area contributed by atoms with Crippen molar-refractivity contribution in [2.24, 2.45) is 10.9 Å². The average Bonchev–Trinajstić information content (AvgIpc) is 2.29. The second kappa shape index (κ2) is 5.31. The van der Waals surface area contributed by atoms with E-state index in [1.54, 1.807) is 12.4 Å². The van der Waals surface area contributed by atoms with Gasteiger partial charge in [0.2, 0.25) is 0 Å². The summed E-state index contributed by atoms with van der Waals surface area (Å²) in [6.45, 7) is 3.85. The van der Waals surface area contributed by atoms with Crippen molar-refractivity contribution in [2.75, 3.05) is 0 Å². The molecule has 4 N–H and O–H groups in total. The highest BCUT2D eigenvalue weighted by molar-refractivity contribution is 5.84. The third-order valence-electron chi connectivity index (χ3n) is 2.27. The van der Waals surface area contributed by atoms with Crippen LogP contribution in [0, 0.1) is 0 Å². The minimum Gasteiger partial charge on any atom is -0.409 e. The Morgan fingerprint density at radius 1 is 1.47 bits per heavy atom. The highest BCUT2D eigenvalue weighted by Crippen LogP contribution is 2.10. The number of oxime groups is 1. The van der Waals surface area contributed by atoms with Crippen LogP contribution in [0.5, 0.6) is 0 Å². The standard InChI is InChI=1S/C10H16N4O/c1-7(9-3-5-12-6-4-9)13-8(2)10(11)14-15/h3-8,13,15H,1-2H3,(H2,11,14)/t7-,8?/m1/s1. The zero-order chi connectivity index (χ0) is 11.3. The number of hydrogen-bond donors (Lipinski definition) is 3. The van der Waals surface area contributed by atoms with Gasteiger partial charge in [0.25, 0.3) is 0 Å². The number of aromatic nitrogens is 1. The average molecular weight is 208 g/mol. The maximum Gasteiger partial charge on any atom is 0.156 e. The third-order valence-corrected chi connectivity index (χ3v) is 2.27. The van der Waals surface area contributed by atoms with Crippen LogP contribution in [0.4, 0.5) is 0 Å².